The van der Waals surface area contributed by atoms with Gasteiger partial charge in [0.25, 0.3) is 0 Å². The highest BCUT2D eigenvalue weighted by Gasteiger charge is 2.32. The molecule has 42 heavy (non-hydrogen) atoms. The second-order valence-corrected chi connectivity index (χ2v) is 9.79. The first-order valence-corrected chi connectivity index (χ1v) is 13.3. The van der Waals surface area contributed by atoms with Crippen molar-refractivity contribution in [2.24, 2.45) is 0 Å². The van der Waals surface area contributed by atoms with Gasteiger partial charge in [0.15, 0.2) is 0 Å². The lowest BCUT2D eigenvalue weighted by molar-refractivity contribution is -0.138. The Labute approximate surface area is 240 Å². The van der Waals surface area contributed by atoms with Gasteiger partial charge in [-0.1, -0.05) is 26.0 Å². The predicted molar refractivity (Wildman–Crippen MR) is 152 cm³/mol. The van der Waals surface area contributed by atoms with Crippen LogP contribution in [0.2, 0.25) is 0 Å². The molecule has 2 N–H and O–H groups in total. The molecule has 6 nitrogen and oxygen atoms in total. The van der Waals surface area contributed by atoms with E-state index in [4.69, 9.17) is 0 Å². The molecule has 0 fully saturated rings. The molecule has 3 aromatic rings. The van der Waals surface area contributed by atoms with Crippen LogP contribution in [0.25, 0.3) is 0 Å². The quantitative estimate of drug-likeness (QED) is 0.255. The van der Waals surface area contributed by atoms with Crippen LogP contribution in [0.4, 0.5) is 58.7 Å². The highest BCUT2D eigenvalue weighted by Crippen LogP contribution is 2.33. The molecule has 0 aromatic heterocycles. The number of alkyl halides is 6. The number of nitrogens with one attached hydrogen (secondary N) is 2. The van der Waals surface area contributed by atoms with Crippen molar-refractivity contribution >= 4 is 34.8 Å². The zero-order chi connectivity index (χ0) is 31.2. The van der Waals surface area contributed by atoms with Crippen LogP contribution >= 0.6 is 0 Å². The third-order valence-electron chi connectivity index (χ3n) is 6.79. The number of rotatable bonds is 8. The lowest BCUT2D eigenvalue weighted by Crippen LogP contribution is -2.42. The van der Waals surface area contributed by atoms with Crippen LogP contribution in [0.5, 0.6) is 0 Å². The summed E-state index contributed by atoms with van der Waals surface area (Å²) in [6.45, 7) is 7.28. The average Bonchev–Trinajstić information content (AvgIpc) is 2.93. The van der Waals surface area contributed by atoms with Crippen molar-refractivity contribution in [2.75, 3.05) is 20.4 Å². The first-order chi connectivity index (χ1) is 19.6. The smallest absolute Gasteiger partial charge is 0.308 e. The van der Waals surface area contributed by atoms with Crippen molar-refractivity contribution in [3.63, 3.8) is 0 Å². The Morgan fingerprint density at radius 1 is 0.643 bits per heavy atom. The SMILES string of the molecule is CC[C@H](C)N(C(=O)Nc1cccc(C(F)(F)F)c1)c1ccc(N(C(=O)Nc2cccc(C(F)(F)F)c2)[C@@H](C)CC)cc1. The topological polar surface area (TPSA) is 64.7 Å². The summed E-state index contributed by atoms with van der Waals surface area (Å²) in [6, 6.07) is 13.1. The van der Waals surface area contributed by atoms with E-state index in [0.29, 0.717) is 24.2 Å². The maximum Gasteiger partial charge on any atom is 0.416 e. The Morgan fingerprint density at radius 2 is 0.976 bits per heavy atom. The molecular weight excluding hydrogens is 562 g/mol. The van der Waals surface area contributed by atoms with Gasteiger partial charge >= 0.3 is 24.4 Å². The van der Waals surface area contributed by atoms with E-state index in [9.17, 15) is 35.9 Å². The first kappa shape index (κ1) is 32.3. The molecule has 0 radical (unpaired) electrons. The molecule has 0 unspecified atom stereocenters. The van der Waals surface area contributed by atoms with Crippen molar-refractivity contribution in [1.29, 1.82) is 0 Å². The molecular formula is C30H32F6N4O2. The number of halogens is 6. The molecule has 3 aromatic carbocycles. The van der Waals surface area contributed by atoms with E-state index < -0.39 is 35.5 Å². The third-order valence-corrected chi connectivity index (χ3v) is 6.79. The summed E-state index contributed by atoms with van der Waals surface area (Å²) in [5.74, 6) is 0. The van der Waals surface area contributed by atoms with Gasteiger partial charge in [-0.25, -0.2) is 9.59 Å². The van der Waals surface area contributed by atoms with Gasteiger partial charge in [0.2, 0.25) is 0 Å². The standard InChI is InChI=1S/C30H32F6N4O2/c1-5-19(3)39(27(41)37-23-11-7-9-21(17-23)29(31,32)33)25-13-15-26(16-14-25)40(20(4)6-2)28(42)38-24-12-8-10-22(18-24)30(34,35)36/h7-20H,5-6H2,1-4H3,(H,37,41)(H,38,42)/t19-,20-/m0/s1. The first-order valence-electron chi connectivity index (χ1n) is 13.3. The van der Waals surface area contributed by atoms with Gasteiger partial charge in [0, 0.05) is 34.8 Å². The van der Waals surface area contributed by atoms with Crippen LogP contribution in [0.15, 0.2) is 72.8 Å². The normalized spacial score (nSPS) is 13.2. The number of urea groups is 2. The molecule has 226 valence electrons. The van der Waals surface area contributed by atoms with Crippen LogP contribution in [-0.4, -0.2) is 24.1 Å². The predicted octanol–water partition coefficient (Wildman–Crippen LogP) is 9.40. The van der Waals surface area contributed by atoms with Crippen LogP contribution in [0.1, 0.15) is 51.7 Å². The van der Waals surface area contributed by atoms with Gasteiger partial charge in [-0.2, -0.15) is 26.3 Å². The Balaban J connectivity index is 1.87. The molecule has 0 spiro atoms. The van der Waals surface area contributed by atoms with Gasteiger partial charge in [-0.05, 0) is 87.4 Å². The molecule has 0 aliphatic carbocycles. The summed E-state index contributed by atoms with van der Waals surface area (Å²) in [4.78, 5) is 29.3. The summed E-state index contributed by atoms with van der Waals surface area (Å²) in [5, 5.41) is 5.05. The van der Waals surface area contributed by atoms with Crippen LogP contribution in [0, 0.1) is 0 Å². The fourth-order valence-electron chi connectivity index (χ4n) is 4.20. The Hall–Kier alpha value is -4.22. The molecule has 0 saturated carbocycles. The second-order valence-electron chi connectivity index (χ2n) is 9.79. The summed E-state index contributed by atoms with van der Waals surface area (Å²) in [5.41, 5.74) is -0.968. The molecule has 12 heteroatoms. The molecule has 3 rings (SSSR count). The van der Waals surface area contributed by atoms with Crippen molar-refractivity contribution in [3.8, 4) is 0 Å². The van der Waals surface area contributed by atoms with Crippen molar-refractivity contribution in [2.45, 2.75) is 65.0 Å². The number of hydrogen-bond donors (Lipinski definition) is 2. The number of nitrogens with zero attached hydrogens (tertiary/aromatic N) is 2. The maximum atomic E-state index is 13.2. The second kappa shape index (κ2) is 13.2. The van der Waals surface area contributed by atoms with Gasteiger partial charge < -0.3 is 10.6 Å². The van der Waals surface area contributed by atoms with E-state index in [2.05, 4.69) is 10.6 Å². The maximum absolute atomic E-state index is 13.2. The average molecular weight is 595 g/mol. The molecule has 2 atom stereocenters. The Kier molecular flexibility index (Phi) is 10.1. The van der Waals surface area contributed by atoms with Gasteiger partial charge in [0.05, 0.1) is 11.1 Å². The number of carbonyl (C=O) groups excluding carboxylic acids is 2. The molecule has 0 saturated heterocycles. The number of anilines is 4. The number of carbonyl (C=O) groups is 2. The Morgan fingerprint density at radius 3 is 1.26 bits per heavy atom. The Bertz CT molecular complexity index is 1270. The molecule has 0 heterocycles. The minimum Gasteiger partial charge on any atom is -0.308 e. The van der Waals surface area contributed by atoms with E-state index in [1.165, 1.54) is 34.1 Å². The zero-order valence-corrected chi connectivity index (χ0v) is 23.5. The van der Waals surface area contributed by atoms with Crippen LogP contribution in [-0.2, 0) is 12.4 Å². The minimum atomic E-state index is -4.57. The van der Waals surface area contributed by atoms with Gasteiger partial charge in [-0.3, -0.25) is 9.80 Å². The zero-order valence-electron chi connectivity index (χ0n) is 23.5. The van der Waals surface area contributed by atoms with Crippen molar-refractivity contribution in [3.05, 3.63) is 83.9 Å². The summed E-state index contributed by atoms with van der Waals surface area (Å²) in [6.07, 6.45) is -8.06. The van der Waals surface area contributed by atoms with E-state index in [1.807, 2.05) is 13.8 Å². The van der Waals surface area contributed by atoms with Gasteiger partial charge in [0.1, 0.15) is 0 Å². The molecule has 0 aliphatic rings. The highest BCUT2D eigenvalue weighted by atomic mass is 19.4. The lowest BCUT2D eigenvalue weighted by Gasteiger charge is -2.31. The van der Waals surface area contributed by atoms with Crippen LogP contribution < -0.4 is 20.4 Å². The number of benzene rings is 3. The summed E-state index contributed by atoms with van der Waals surface area (Å²) >= 11 is 0. The molecule has 4 amide bonds. The molecule has 0 aliphatic heterocycles. The minimum absolute atomic E-state index is 0.0195. The number of hydrogen-bond acceptors (Lipinski definition) is 2. The summed E-state index contributed by atoms with van der Waals surface area (Å²) in [7, 11) is 0. The largest absolute Gasteiger partial charge is 0.416 e. The van der Waals surface area contributed by atoms with Crippen molar-refractivity contribution < 1.29 is 35.9 Å². The third kappa shape index (κ3) is 7.95. The van der Waals surface area contributed by atoms with Crippen LogP contribution in [0.3, 0.4) is 0 Å². The fourth-order valence-corrected chi connectivity index (χ4v) is 4.20. The van der Waals surface area contributed by atoms with E-state index in [-0.39, 0.29) is 23.5 Å². The lowest BCUT2D eigenvalue weighted by atomic mass is 10.1. The van der Waals surface area contributed by atoms with E-state index in [0.717, 1.165) is 24.3 Å². The number of amides is 4. The van der Waals surface area contributed by atoms with E-state index >= 15 is 0 Å². The molecule has 0 bridgehead atoms. The summed E-state index contributed by atoms with van der Waals surface area (Å²) < 4.78 is 78.8. The van der Waals surface area contributed by atoms with Gasteiger partial charge in [-0.15, -0.1) is 0 Å². The fraction of sp³-hybridized carbons (Fsp3) is 0.333. The van der Waals surface area contributed by atoms with Crippen molar-refractivity contribution in [1.82, 2.24) is 0 Å². The highest BCUT2D eigenvalue weighted by molar-refractivity contribution is 6.04. The van der Waals surface area contributed by atoms with E-state index in [1.54, 1.807) is 38.1 Å². The monoisotopic (exact) mass is 594 g/mol.